The van der Waals surface area contributed by atoms with Crippen LogP contribution in [0.15, 0.2) is 53.7 Å². The maximum atomic E-state index is 13.1. The lowest BCUT2D eigenvalue weighted by atomic mass is 10.0. The molecule has 180 valence electrons. The van der Waals surface area contributed by atoms with Crippen molar-refractivity contribution < 1.29 is 9.53 Å². The van der Waals surface area contributed by atoms with Gasteiger partial charge in [0, 0.05) is 18.2 Å². The fourth-order valence-electron chi connectivity index (χ4n) is 4.65. The number of aromatic nitrogens is 3. The van der Waals surface area contributed by atoms with Crippen molar-refractivity contribution in [3.05, 3.63) is 54.1 Å². The second-order valence-corrected chi connectivity index (χ2v) is 9.96. The number of hydrogen-bond acceptors (Lipinski definition) is 5. The highest BCUT2D eigenvalue weighted by molar-refractivity contribution is 7.99. The van der Waals surface area contributed by atoms with Gasteiger partial charge < -0.3 is 9.64 Å². The maximum Gasteiger partial charge on any atom is 0.233 e. The normalized spacial score (nSPS) is 16.1. The summed E-state index contributed by atoms with van der Waals surface area (Å²) in [6.07, 6.45) is 4.41. The van der Waals surface area contributed by atoms with Gasteiger partial charge in [0.15, 0.2) is 11.0 Å². The number of carbonyl (C=O) groups excluding carboxylic acids is 1. The highest BCUT2D eigenvalue weighted by atomic mass is 32.2. The minimum Gasteiger partial charge on any atom is -0.497 e. The highest BCUT2D eigenvalue weighted by Crippen LogP contribution is 2.33. The fourth-order valence-corrected chi connectivity index (χ4v) is 5.48. The first-order valence-electron chi connectivity index (χ1n) is 12.1. The number of nitrogens with zero attached hydrogens (tertiary/aromatic N) is 4. The van der Waals surface area contributed by atoms with Gasteiger partial charge in [-0.25, -0.2) is 0 Å². The summed E-state index contributed by atoms with van der Waals surface area (Å²) in [6, 6.07) is 16.6. The molecule has 1 unspecified atom stereocenters. The van der Waals surface area contributed by atoms with Crippen LogP contribution in [0.3, 0.4) is 0 Å². The number of benzene rings is 2. The number of carbonyl (C=O) groups is 1. The summed E-state index contributed by atoms with van der Waals surface area (Å²) in [5.41, 5.74) is 3.21. The summed E-state index contributed by atoms with van der Waals surface area (Å²) in [7, 11) is 1.66. The minimum absolute atomic E-state index is 0.189. The van der Waals surface area contributed by atoms with E-state index in [9.17, 15) is 4.79 Å². The standard InChI is InChI=1S/C27H34N4O2S/c1-5-21-10-8-9-17-30(21)25(32)18-34-27-29-28-26(20-13-15-22(33-4)16-14-20)31(27)24-12-7-6-11-23(24)19(2)3/h6-7,11-16,19,21H,5,8-10,17-18H2,1-4H3. The van der Waals surface area contributed by atoms with Crippen molar-refractivity contribution in [3.63, 3.8) is 0 Å². The van der Waals surface area contributed by atoms with Crippen molar-refractivity contribution in [1.82, 2.24) is 19.7 Å². The summed E-state index contributed by atoms with van der Waals surface area (Å²) >= 11 is 1.47. The minimum atomic E-state index is 0.189. The number of rotatable bonds is 8. The number of amides is 1. The fraction of sp³-hybridized carbons (Fsp3) is 0.444. The number of methoxy groups -OCH3 is 1. The molecule has 1 amide bonds. The van der Waals surface area contributed by atoms with E-state index in [0.29, 0.717) is 17.7 Å². The van der Waals surface area contributed by atoms with Crippen molar-refractivity contribution in [2.75, 3.05) is 19.4 Å². The summed E-state index contributed by atoms with van der Waals surface area (Å²) in [4.78, 5) is 15.2. The lowest BCUT2D eigenvalue weighted by Gasteiger charge is -2.35. The molecule has 3 aromatic rings. The van der Waals surface area contributed by atoms with Gasteiger partial charge >= 0.3 is 0 Å². The van der Waals surface area contributed by atoms with E-state index >= 15 is 0 Å². The van der Waals surface area contributed by atoms with Crippen LogP contribution in [0.1, 0.15) is 57.9 Å². The molecule has 0 N–H and O–H groups in total. The largest absolute Gasteiger partial charge is 0.497 e. The van der Waals surface area contributed by atoms with Crippen LogP contribution < -0.4 is 4.74 Å². The molecule has 0 radical (unpaired) electrons. The zero-order valence-electron chi connectivity index (χ0n) is 20.5. The number of ether oxygens (including phenoxy) is 1. The Morgan fingerprint density at radius 1 is 1.12 bits per heavy atom. The summed E-state index contributed by atoms with van der Waals surface area (Å²) in [5.74, 6) is 2.44. The first kappa shape index (κ1) is 24.3. The third-order valence-electron chi connectivity index (χ3n) is 6.52. The van der Waals surface area contributed by atoms with Gasteiger partial charge in [0.1, 0.15) is 5.75 Å². The van der Waals surface area contributed by atoms with Gasteiger partial charge in [-0.2, -0.15) is 0 Å². The lowest BCUT2D eigenvalue weighted by Crippen LogP contribution is -2.44. The second-order valence-electron chi connectivity index (χ2n) is 9.02. The molecule has 1 aliphatic rings. The number of thioether (sulfide) groups is 1. The zero-order chi connectivity index (χ0) is 24.1. The van der Waals surface area contributed by atoms with E-state index in [0.717, 1.165) is 53.8 Å². The SMILES string of the molecule is CCC1CCCCN1C(=O)CSc1nnc(-c2ccc(OC)cc2)n1-c1ccccc1C(C)C. The van der Waals surface area contributed by atoms with E-state index in [1.54, 1.807) is 7.11 Å². The topological polar surface area (TPSA) is 60.3 Å². The lowest BCUT2D eigenvalue weighted by molar-refractivity contribution is -0.132. The van der Waals surface area contributed by atoms with Crippen LogP contribution in [0.4, 0.5) is 0 Å². The van der Waals surface area contributed by atoms with E-state index < -0.39 is 0 Å². The zero-order valence-corrected chi connectivity index (χ0v) is 21.3. The van der Waals surface area contributed by atoms with Crippen LogP contribution in [-0.4, -0.2) is 51.0 Å². The molecule has 0 aliphatic carbocycles. The van der Waals surface area contributed by atoms with Crippen LogP contribution in [0.5, 0.6) is 5.75 Å². The molecule has 34 heavy (non-hydrogen) atoms. The molecule has 4 rings (SSSR count). The van der Waals surface area contributed by atoms with E-state index in [1.807, 2.05) is 30.3 Å². The Labute approximate surface area is 206 Å². The Hall–Kier alpha value is -2.80. The Balaban J connectivity index is 1.69. The van der Waals surface area contributed by atoms with E-state index in [-0.39, 0.29) is 5.91 Å². The molecule has 1 saturated heterocycles. The first-order valence-corrected chi connectivity index (χ1v) is 13.1. The second kappa shape index (κ2) is 11.1. The van der Waals surface area contributed by atoms with Gasteiger partial charge in [-0.3, -0.25) is 9.36 Å². The molecule has 7 heteroatoms. The molecule has 1 atom stereocenters. The van der Waals surface area contributed by atoms with Gasteiger partial charge in [0.25, 0.3) is 0 Å². The van der Waals surface area contributed by atoms with Crippen molar-refractivity contribution in [3.8, 4) is 22.8 Å². The van der Waals surface area contributed by atoms with E-state index in [4.69, 9.17) is 4.74 Å². The molecular formula is C27H34N4O2S. The molecule has 1 fully saturated rings. The van der Waals surface area contributed by atoms with Gasteiger partial charge in [-0.15, -0.1) is 10.2 Å². The molecule has 6 nitrogen and oxygen atoms in total. The van der Waals surface area contributed by atoms with Crippen LogP contribution >= 0.6 is 11.8 Å². The quantitative estimate of drug-likeness (QED) is 0.375. The monoisotopic (exact) mass is 478 g/mol. The van der Waals surface area contributed by atoms with Crippen LogP contribution in [0.2, 0.25) is 0 Å². The average molecular weight is 479 g/mol. The predicted molar refractivity (Wildman–Crippen MR) is 138 cm³/mol. The highest BCUT2D eigenvalue weighted by Gasteiger charge is 2.26. The molecule has 0 saturated carbocycles. The Bertz CT molecular complexity index is 1110. The third-order valence-corrected chi connectivity index (χ3v) is 7.44. The van der Waals surface area contributed by atoms with Gasteiger partial charge in [-0.1, -0.05) is 50.7 Å². The average Bonchev–Trinajstić information content (AvgIpc) is 3.31. The predicted octanol–water partition coefficient (Wildman–Crippen LogP) is 5.95. The molecular weight excluding hydrogens is 444 g/mol. The van der Waals surface area contributed by atoms with Crippen molar-refractivity contribution >= 4 is 17.7 Å². The number of piperidine rings is 1. The van der Waals surface area contributed by atoms with Gasteiger partial charge in [0.2, 0.25) is 5.91 Å². The Morgan fingerprint density at radius 3 is 2.59 bits per heavy atom. The van der Waals surface area contributed by atoms with E-state index in [2.05, 4.69) is 58.6 Å². The molecule has 1 aromatic heterocycles. The number of para-hydroxylation sites is 1. The molecule has 2 aromatic carbocycles. The number of likely N-dealkylation sites (tertiary alicyclic amines) is 1. The molecule has 2 heterocycles. The molecule has 0 spiro atoms. The summed E-state index contributed by atoms with van der Waals surface area (Å²) < 4.78 is 7.43. The van der Waals surface area contributed by atoms with Gasteiger partial charge in [-0.05, 0) is 67.5 Å². The van der Waals surface area contributed by atoms with Gasteiger partial charge in [0.05, 0.1) is 18.6 Å². The first-order chi connectivity index (χ1) is 16.5. The molecule has 1 aliphatic heterocycles. The van der Waals surface area contributed by atoms with E-state index in [1.165, 1.54) is 23.7 Å². The van der Waals surface area contributed by atoms with Crippen molar-refractivity contribution in [2.45, 2.75) is 63.6 Å². The van der Waals surface area contributed by atoms with Crippen LogP contribution in [0, 0.1) is 0 Å². The summed E-state index contributed by atoms with van der Waals surface area (Å²) in [5, 5.41) is 9.84. The van der Waals surface area contributed by atoms with Crippen molar-refractivity contribution in [2.24, 2.45) is 0 Å². The smallest absolute Gasteiger partial charge is 0.233 e. The van der Waals surface area contributed by atoms with Crippen LogP contribution in [0.25, 0.3) is 17.1 Å². The Kier molecular flexibility index (Phi) is 7.93. The summed E-state index contributed by atoms with van der Waals surface area (Å²) in [6.45, 7) is 7.41. The number of hydrogen-bond donors (Lipinski definition) is 0. The third kappa shape index (κ3) is 5.14. The Morgan fingerprint density at radius 2 is 1.88 bits per heavy atom. The van der Waals surface area contributed by atoms with Crippen molar-refractivity contribution in [1.29, 1.82) is 0 Å². The maximum absolute atomic E-state index is 13.1. The molecule has 0 bridgehead atoms. The van der Waals surface area contributed by atoms with Crippen LogP contribution in [-0.2, 0) is 4.79 Å².